The molecule has 1 aromatic carbocycles. The van der Waals surface area contributed by atoms with Crippen LogP contribution in [0.1, 0.15) is 69.9 Å². The van der Waals surface area contributed by atoms with E-state index in [0.717, 1.165) is 12.3 Å². The fourth-order valence-corrected chi connectivity index (χ4v) is 5.52. The average molecular weight is 370 g/mol. The minimum atomic E-state index is 0.148. The molecule has 4 aliphatic rings. The third-order valence-corrected chi connectivity index (χ3v) is 7.19. The Balaban J connectivity index is 1.36. The SMILES string of the molecule is CC1(C)C2=C(C=CCC2)c2ccc(NC3=CC=C(C4CC=CCC4)CC3)cc21. The van der Waals surface area contributed by atoms with E-state index in [1.165, 1.54) is 66.6 Å². The van der Waals surface area contributed by atoms with Crippen LogP contribution in [-0.4, -0.2) is 0 Å². The first-order valence-corrected chi connectivity index (χ1v) is 11.0. The van der Waals surface area contributed by atoms with E-state index in [-0.39, 0.29) is 5.41 Å². The molecule has 0 fully saturated rings. The van der Waals surface area contributed by atoms with Gasteiger partial charge < -0.3 is 5.32 Å². The highest BCUT2D eigenvalue weighted by molar-refractivity contribution is 5.87. The summed E-state index contributed by atoms with van der Waals surface area (Å²) < 4.78 is 0. The number of nitrogens with one attached hydrogen (secondary N) is 1. The van der Waals surface area contributed by atoms with Gasteiger partial charge in [0.1, 0.15) is 0 Å². The molecule has 0 radical (unpaired) electrons. The summed E-state index contributed by atoms with van der Waals surface area (Å²) in [6.07, 6.45) is 22.6. The van der Waals surface area contributed by atoms with Gasteiger partial charge in [0.15, 0.2) is 0 Å². The van der Waals surface area contributed by atoms with Crippen molar-refractivity contribution in [1.82, 2.24) is 0 Å². The summed E-state index contributed by atoms with van der Waals surface area (Å²) in [7, 11) is 0. The number of hydrogen-bond donors (Lipinski definition) is 1. The van der Waals surface area contributed by atoms with Crippen LogP contribution < -0.4 is 5.32 Å². The van der Waals surface area contributed by atoms with Gasteiger partial charge in [-0.2, -0.15) is 0 Å². The number of hydrogen-bond acceptors (Lipinski definition) is 1. The summed E-state index contributed by atoms with van der Waals surface area (Å²) in [5, 5.41) is 3.72. The lowest BCUT2D eigenvalue weighted by molar-refractivity contribution is 0.531. The summed E-state index contributed by atoms with van der Waals surface area (Å²) >= 11 is 0. The second-order valence-corrected chi connectivity index (χ2v) is 9.26. The van der Waals surface area contributed by atoms with Crippen LogP contribution >= 0.6 is 0 Å². The van der Waals surface area contributed by atoms with Crippen molar-refractivity contribution in [2.45, 2.75) is 64.2 Å². The van der Waals surface area contributed by atoms with Crippen molar-refractivity contribution in [3.8, 4) is 0 Å². The van der Waals surface area contributed by atoms with E-state index < -0.39 is 0 Å². The Hall–Kier alpha value is -2.28. The Morgan fingerprint density at radius 2 is 1.89 bits per heavy atom. The minimum absolute atomic E-state index is 0.148. The molecule has 1 heteroatoms. The van der Waals surface area contributed by atoms with Crippen LogP contribution in [0.4, 0.5) is 5.69 Å². The maximum atomic E-state index is 3.72. The van der Waals surface area contributed by atoms with Crippen LogP contribution in [0.2, 0.25) is 0 Å². The standard InChI is InChI=1S/C27H31N/c1-27(2)25-11-7-6-10-23(25)24-17-16-22(18-26(24)27)28-21-14-12-20(13-15-21)19-8-4-3-5-9-19/h3-4,6,10,12,14,16-19,28H,5,7-9,11,13,15H2,1-2H3. The van der Waals surface area contributed by atoms with Gasteiger partial charge >= 0.3 is 0 Å². The van der Waals surface area contributed by atoms with Crippen molar-refractivity contribution in [3.05, 3.63) is 82.6 Å². The molecule has 0 amide bonds. The number of allylic oxidation sites excluding steroid dienone is 10. The van der Waals surface area contributed by atoms with Gasteiger partial charge in [-0.15, -0.1) is 0 Å². The van der Waals surface area contributed by atoms with Crippen molar-refractivity contribution >= 4 is 11.3 Å². The predicted octanol–water partition coefficient (Wildman–Crippen LogP) is 7.45. The van der Waals surface area contributed by atoms with E-state index in [1.54, 1.807) is 11.1 Å². The Bertz CT molecular complexity index is 948. The Kier molecular flexibility index (Phi) is 4.42. The Morgan fingerprint density at radius 1 is 0.964 bits per heavy atom. The molecule has 1 nitrogen and oxygen atoms in total. The maximum Gasteiger partial charge on any atom is 0.0385 e. The summed E-state index contributed by atoms with van der Waals surface area (Å²) in [4.78, 5) is 0. The van der Waals surface area contributed by atoms with Crippen LogP contribution in [-0.2, 0) is 5.41 Å². The molecule has 0 saturated carbocycles. The van der Waals surface area contributed by atoms with Crippen LogP contribution in [0.25, 0.3) is 5.57 Å². The fraction of sp³-hybridized carbons (Fsp3) is 0.407. The highest BCUT2D eigenvalue weighted by atomic mass is 14.9. The van der Waals surface area contributed by atoms with Gasteiger partial charge in [0, 0.05) is 16.8 Å². The van der Waals surface area contributed by atoms with Crippen molar-refractivity contribution < 1.29 is 0 Å². The monoisotopic (exact) mass is 369 g/mol. The number of anilines is 1. The lowest BCUT2D eigenvalue weighted by Crippen LogP contribution is -2.18. The average Bonchev–Trinajstić information content (AvgIpc) is 2.97. The van der Waals surface area contributed by atoms with Gasteiger partial charge in [-0.1, -0.05) is 61.4 Å². The van der Waals surface area contributed by atoms with E-state index in [1.807, 2.05) is 0 Å². The van der Waals surface area contributed by atoms with E-state index in [9.17, 15) is 0 Å². The zero-order valence-corrected chi connectivity index (χ0v) is 17.2. The van der Waals surface area contributed by atoms with E-state index >= 15 is 0 Å². The number of benzene rings is 1. The highest BCUT2D eigenvalue weighted by Gasteiger charge is 2.37. The van der Waals surface area contributed by atoms with Gasteiger partial charge in [0.05, 0.1) is 0 Å². The third kappa shape index (κ3) is 3.02. The van der Waals surface area contributed by atoms with Crippen molar-refractivity contribution in [2.24, 2.45) is 5.92 Å². The molecule has 1 atom stereocenters. The van der Waals surface area contributed by atoms with Crippen molar-refractivity contribution in [3.63, 3.8) is 0 Å². The van der Waals surface area contributed by atoms with Crippen LogP contribution in [0.15, 0.2) is 71.5 Å². The first-order chi connectivity index (χ1) is 13.6. The van der Waals surface area contributed by atoms with Crippen molar-refractivity contribution in [1.29, 1.82) is 0 Å². The molecule has 0 bridgehead atoms. The molecule has 4 aliphatic carbocycles. The van der Waals surface area contributed by atoms with Crippen LogP contribution in [0.3, 0.4) is 0 Å². The molecule has 0 heterocycles. The summed E-state index contributed by atoms with van der Waals surface area (Å²) in [6.45, 7) is 4.79. The normalized spacial score (nSPS) is 25.1. The lowest BCUT2D eigenvalue weighted by atomic mass is 9.78. The summed E-state index contributed by atoms with van der Waals surface area (Å²) in [5.74, 6) is 0.772. The Labute approximate surface area is 169 Å². The molecule has 0 aromatic heterocycles. The third-order valence-electron chi connectivity index (χ3n) is 7.19. The van der Waals surface area contributed by atoms with Crippen LogP contribution in [0, 0.1) is 5.92 Å². The molecule has 5 rings (SSSR count). The second-order valence-electron chi connectivity index (χ2n) is 9.26. The summed E-state index contributed by atoms with van der Waals surface area (Å²) in [6, 6.07) is 6.99. The highest BCUT2D eigenvalue weighted by Crippen LogP contribution is 2.50. The molecule has 0 aliphatic heterocycles. The van der Waals surface area contributed by atoms with Crippen molar-refractivity contribution in [2.75, 3.05) is 5.32 Å². The molecule has 1 aromatic rings. The molecule has 0 spiro atoms. The topological polar surface area (TPSA) is 12.0 Å². The largest absolute Gasteiger partial charge is 0.359 e. The molecular formula is C27H31N. The number of rotatable bonds is 3. The molecule has 144 valence electrons. The van der Waals surface area contributed by atoms with Gasteiger partial charge in [0.25, 0.3) is 0 Å². The number of fused-ring (bicyclic) bond motifs is 2. The maximum absolute atomic E-state index is 3.72. The minimum Gasteiger partial charge on any atom is -0.359 e. The zero-order chi connectivity index (χ0) is 19.1. The van der Waals surface area contributed by atoms with Gasteiger partial charge in [0.2, 0.25) is 0 Å². The van der Waals surface area contributed by atoms with Crippen LogP contribution in [0.5, 0.6) is 0 Å². The quantitative estimate of drug-likeness (QED) is 0.545. The van der Waals surface area contributed by atoms with E-state index in [4.69, 9.17) is 0 Å². The van der Waals surface area contributed by atoms with Gasteiger partial charge in [-0.25, -0.2) is 0 Å². The van der Waals surface area contributed by atoms with Gasteiger partial charge in [-0.05, 0) is 85.8 Å². The fourth-order valence-electron chi connectivity index (χ4n) is 5.52. The first kappa shape index (κ1) is 17.8. The summed E-state index contributed by atoms with van der Waals surface area (Å²) in [5.41, 5.74) is 10.4. The molecule has 28 heavy (non-hydrogen) atoms. The molecular weight excluding hydrogens is 338 g/mol. The van der Waals surface area contributed by atoms with Gasteiger partial charge in [-0.3, -0.25) is 0 Å². The zero-order valence-electron chi connectivity index (χ0n) is 17.2. The molecule has 1 N–H and O–H groups in total. The second kappa shape index (κ2) is 6.95. The van der Waals surface area contributed by atoms with E-state index in [0.29, 0.717) is 0 Å². The lowest BCUT2D eigenvalue weighted by Gasteiger charge is -2.26. The first-order valence-electron chi connectivity index (χ1n) is 11.0. The Morgan fingerprint density at radius 3 is 2.68 bits per heavy atom. The predicted molar refractivity (Wildman–Crippen MR) is 120 cm³/mol. The molecule has 0 saturated heterocycles. The molecule has 1 unspecified atom stereocenters. The smallest absolute Gasteiger partial charge is 0.0385 e. The van der Waals surface area contributed by atoms with E-state index in [2.05, 4.69) is 73.8 Å².